The Morgan fingerprint density at radius 1 is 1.21 bits per heavy atom. The second-order valence-corrected chi connectivity index (χ2v) is 5.93. The van der Waals surface area contributed by atoms with Gasteiger partial charge in [0, 0.05) is 25.1 Å². The summed E-state index contributed by atoms with van der Waals surface area (Å²) in [5.74, 6) is 3.08. The van der Waals surface area contributed by atoms with Gasteiger partial charge in [-0.25, -0.2) is 9.97 Å². The average molecular weight is 261 g/mol. The fourth-order valence-electron chi connectivity index (χ4n) is 2.75. The van der Waals surface area contributed by atoms with E-state index in [9.17, 15) is 0 Å². The molecule has 1 saturated heterocycles. The highest BCUT2D eigenvalue weighted by atomic mass is 15.2. The molecule has 0 spiro atoms. The van der Waals surface area contributed by atoms with Crippen molar-refractivity contribution in [2.24, 2.45) is 0 Å². The van der Waals surface area contributed by atoms with E-state index in [1.807, 2.05) is 6.07 Å². The van der Waals surface area contributed by atoms with Crippen molar-refractivity contribution >= 4 is 11.6 Å². The van der Waals surface area contributed by atoms with Crippen LogP contribution in [0.4, 0.5) is 11.6 Å². The molecule has 2 heterocycles. The van der Waals surface area contributed by atoms with Crippen molar-refractivity contribution in [3.05, 3.63) is 11.9 Å². The summed E-state index contributed by atoms with van der Waals surface area (Å²) in [6.07, 6.45) is 4.80. The van der Waals surface area contributed by atoms with Gasteiger partial charge in [0.2, 0.25) is 0 Å². The first-order valence-corrected chi connectivity index (χ1v) is 7.19. The first-order chi connectivity index (χ1) is 9.13. The van der Waals surface area contributed by atoms with Gasteiger partial charge in [0.25, 0.3) is 0 Å². The molecular formula is C14H23N5. The number of anilines is 2. The molecule has 1 aromatic rings. The largest absolute Gasteiger partial charge is 0.384 e. The van der Waals surface area contributed by atoms with Crippen molar-refractivity contribution < 1.29 is 0 Å². The van der Waals surface area contributed by atoms with Crippen molar-refractivity contribution in [2.45, 2.75) is 37.6 Å². The van der Waals surface area contributed by atoms with Crippen LogP contribution in [0.5, 0.6) is 0 Å². The molecule has 5 heteroatoms. The van der Waals surface area contributed by atoms with Gasteiger partial charge in [-0.1, -0.05) is 0 Å². The molecule has 2 N–H and O–H groups in total. The number of aromatic nitrogens is 2. The Balaban J connectivity index is 1.76. The monoisotopic (exact) mass is 261 g/mol. The van der Waals surface area contributed by atoms with Gasteiger partial charge >= 0.3 is 0 Å². The summed E-state index contributed by atoms with van der Waals surface area (Å²) in [4.78, 5) is 13.7. The Kier molecular flexibility index (Phi) is 3.31. The molecule has 2 aliphatic rings. The fourth-order valence-corrected chi connectivity index (χ4v) is 2.75. The molecule has 1 aliphatic carbocycles. The van der Waals surface area contributed by atoms with E-state index in [1.165, 1.54) is 25.7 Å². The van der Waals surface area contributed by atoms with Crippen LogP contribution in [0.15, 0.2) is 6.07 Å². The van der Waals surface area contributed by atoms with E-state index in [0.717, 1.165) is 24.7 Å². The standard InChI is InChI=1S/C14H23N5/c1-18-7-5-11(6-8-18)19(2)13-9-12(15)16-14(17-13)10-3-4-10/h9-11H,3-8H2,1-2H3,(H2,15,16,17). The van der Waals surface area contributed by atoms with Gasteiger partial charge in [-0.2, -0.15) is 0 Å². The van der Waals surface area contributed by atoms with Crippen LogP contribution < -0.4 is 10.6 Å². The van der Waals surface area contributed by atoms with E-state index in [-0.39, 0.29) is 0 Å². The molecule has 1 aliphatic heterocycles. The lowest BCUT2D eigenvalue weighted by Gasteiger charge is -2.35. The van der Waals surface area contributed by atoms with Gasteiger partial charge in [0.05, 0.1) is 0 Å². The molecule has 1 saturated carbocycles. The van der Waals surface area contributed by atoms with Crippen molar-refractivity contribution in [1.82, 2.24) is 14.9 Å². The van der Waals surface area contributed by atoms with Crippen LogP contribution in [0.1, 0.15) is 37.4 Å². The van der Waals surface area contributed by atoms with Crippen molar-refractivity contribution in [3.63, 3.8) is 0 Å². The lowest BCUT2D eigenvalue weighted by atomic mass is 10.0. The number of nitrogens with zero attached hydrogens (tertiary/aromatic N) is 4. The quantitative estimate of drug-likeness (QED) is 0.893. The summed E-state index contributed by atoms with van der Waals surface area (Å²) in [5.41, 5.74) is 5.93. The smallest absolute Gasteiger partial charge is 0.136 e. The molecule has 0 atom stereocenters. The summed E-state index contributed by atoms with van der Waals surface area (Å²) in [5, 5.41) is 0. The van der Waals surface area contributed by atoms with E-state index in [4.69, 9.17) is 10.7 Å². The zero-order chi connectivity index (χ0) is 13.4. The minimum atomic E-state index is 0.549. The molecule has 5 nitrogen and oxygen atoms in total. The second kappa shape index (κ2) is 4.96. The molecule has 0 aromatic carbocycles. The number of nitrogens with two attached hydrogens (primary N) is 1. The number of piperidine rings is 1. The van der Waals surface area contributed by atoms with Crippen LogP contribution >= 0.6 is 0 Å². The maximum Gasteiger partial charge on any atom is 0.136 e. The van der Waals surface area contributed by atoms with Crippen LogP contribution in [0, 0.1) is 0 Å². The number of nitrogen functional groups attached to an aromatic ring is 1. The summed E-state index contributed by atoms with van der Waals surface area (Å²) in [6, 6.07) is 2.47. The molecule has 0 amide bonds. The minimum Gasteiger partial charge on any atom is -0.384 e. The van der Waals surface area contributed by atoms with Gasteiger partial charge < -0.3 is 15.5 Å². The first-order valence-electron chi connectivity index (χ1n) is 7.19. The fraction of sp³-hybridized carbons (Fsp3) is 0.714. The average Bonchev–Trinajstić information content (AvgIpc) is 3.22. The molecule has 0 radical (unpaired) electrons. The third-order valence-corrected chi connectivity index (χ3v) is 4.29. The Labute approximate surface area is 114 Å². The number of likely N-dealkylation sites (tertiary alicyclic amines) is 1. The third-order valence-electron chi connectivity index (χ3n) is 4.29. The van der Waals surface area contributed by atoms with Crippen LogP contribution in [-0.4, -0.2) is 48.1 Å². The van der Waals surface area contributed by atoms with Crippen LogP contribution in [0.2, 0.25) is 0 Å². The molecule has 19 heavy (non-hydrogen) atoms. The second-order valence-electron chi connectivity index (χ2n) is 5.93. The van der Waals surface area contributed by atoms with E-state index in [2.05, 4.69) is 28.9 Å². The van der Waals surface area contributed by atoms with Gasteiger partial charge in [0.1, 0.15) is 17.5 Å². The van der Waals surface area contributed by atoms with E-state index < -0.39 is 0 Å². The zero-order valence-corrected chi connectivity index (χ0v) is 11.8. The normalized spacial score (nSPS) is 21.6. The zero-order valence-electron chi connectivity index (χ0n) is 11.8. The van der Waals surface area contributed by atoms with Gasteiger partial charge in [0.15, 0.2) is 0 Å². The summed E-state index contributed by atoms with van der Waals surface area (Å²) in [7, 11) is 4.32. The predicted molar refractivity (Wildman–Crippen MR) is 77.3 cm³/mol. The Bertz CT molecular complexity index is 449. The highest BCUT2D eigenvalue weighted by Gasteiger charge is 2.28. The minimum absolute atomic E-state index is 0.549. The topological polar surface area (TPSA) is 58.3 Å². The lowest BCUT2D eigenvalue weighted by Crippen LogP contribution is -2.42. The van der Waals surface area contributed by atoms with Gasteiger partial charge in [-0.15, -0.1) is 0 Å². The summed E-state index contributed by atoms with van der Waals surface area (Å²) < 4.78 is 0. The van der Waals surface area contributed by atoms with E-state index in [0.29, 0.717) is 17.8 Å². The SMILES string of the molecule is CN1CCC(N(C)c2cc(N)nc(C3CC3)n2)CC1. The van der Waals surface area contributed by atoms with Crippen molar-refractivity contribution in [2.75, 3.05) is 37.8 Å². The van der Waals surface area contributed by atoms with Gasteiger partial charge in [-0.05, 0) is 45.8 Å². The summed E-state index contributed by atoms with van der Waals surface area (Å²) >= 11 is 0. The van der Waals surface area contributed by atoms with Crippen LogP contribution in [-0.2, 0) is 0 Å². The highest BCUT2D eigenvalue weighted by molar-refractivity contribution is 5.48. The summed E-state index contributed by atoms with van der Waals surface area (Å²) in [6.45, 7) is 2.32. The van der Waals surface area contributed by atoms with Crippen LogP contribution in [0.3, 0.4) is 0 Å². The van der Waals surface area contributed by atoms with Gasteiger partial charge in [-0.3, -0.25) is 0 Å². The Hall–Kier alpha value is -1.36. The van der Waals surface area contributed by atoms with E-state index in [1.54, 1.807) is 0 Å². The lowest BCUT2D eigenvalue weighted by molar-refractivity contribution is 0.252. The molecule has 3 rings (SSSR count). The Morgan fingerprint density at radius 2 is 1.89 bits per heavy atom. The highest BCUT2D eigenvalue weighted by Crippen LogP contribution is 2.39. The molecular weight excluding hydrogens is 238 g/mol. The molecule has 2 fully saturated rings. The molecule has 104 valence electrons. The number of hydrogen-bond acceptors (Lipinski definition) is 5. The molecule has 0 bridgehead atoms. The number of rotatable bonds is 3. The van der Waals surface area contributed by atoms with Crippen molar-refractivity contribution in [1.29, 1.82) is 0 Å². The molecule has 0 unspecified atom stereocenters. The Morgan fingerprint density at radius 3 is 2.53 bits per heavy atom. The first kappa shape index (κ1) is 12.7. The van der Waals surface area contributed by atoms with Crippen molar-refractivity contribution in [3.8, 4) is 0 Å². The number of hydrogen-bond donors (Lipinski definition) is 1. The molecule has 1 aromatic heterocycles. The van der Waals surface area contributed by atoms with E-state index >= 15 is 0 Å². The maximum absolute atomic E-state index is 5.93. The van der Waals surface area contributed by atoms with Crippen LogP contribution in [0.25, 0.3) is 0 Å². The maximum atomic E-state index is 5.93. The predicted octanol–water partition coefficient (Wildman–Crippen LogP) is 1.47. The third kappa shape index (κ3) is 2.81.